The fourth-order valence-electron chi connectivity index (χ4n) is 2.23. The van der Waals surface area contributed by atoms with Crippen LogP contribution in [-0.2, 0) is 11.3 Å². The first kappa shape index (κ1) is 22.5. The summed E-state index contributed by atoms with van der Waals surface area (Å²) in [5, 5.41) is 6.08. The van der Waals surface area contributed by atoms with Gasteiger partial charge >= 0.3 is 0 Å². The smallest absolute Gasteiger partial charge is 0.221 e. The van der Waals surface area contributed by atoms with Gasteiger partial charge in [-0.25, -0.2) is 0 Å². The number of para-hydroxylation sites is 1. The van der Waals surface area contributed by atoms with Gasteiger partial charge in [-0.1, -0.05) is 18.2 Å². The van der Waals surface area contributed by atoms with E-state index in [4.69, 9.17) is 4.74 Å². The van der Waals surface area contributed by atoms with Gasteiger partial charge in [0.1, 0.15) is 5.75 Å². The van der Waals surface area contributed by atoms with Crippen molar-refractivity contribution in [3.8, 4) is 5.75 Å². The molecular formula is C17H29IN4O2. The van der Waals surface area contributed by atoms with E-state index in [2.05, 4.69) is 15.6 Å². The number of nitrogens with zero attached hydrogens (tertiary/aromatic N) is 2. The molecule has 7 heteroatoms. The molecular weight excluding hydrogens is 419 g/mol. The van der Waals surface area contributed by atoms with Gasteiger partial charge in [0.25, 0.3) is 0 Å². The molecule has 0 spiro atoms. The molecule has 0 bridgehead atoms. The zero-order chi connectivity index (χ0) is 17.2. The quantitative estimate of drug-likeness (QED) is 0.382. The summed E-state index contributed by atoms with van der Waals surface area (Å²) in [5.41, 5.74) is 1.08. The number of methoxy groups -OCH3 is 1. The highest BCUT2D eigenvalue weighted by Crippen LogP contribution is 2.18. The SMILES string of the molecule is CN=C(NCCC(=O)NC(C)C)N(C)Cc1ccccc1OC.I. The maximum atomic E-state index is 11.6. The largest absolute Gasteiger partial charge is 0.496 e. The number of aliphatic imine (C=N–C) groups is 1. The van der Waals surface area contributed by atoms with Crippen molar-refractivity contribution >= 4 is 35.8 Å². The van der Waals surface area contributed by atoms with Gasteiger partial charge in [-0.15, -0.1) is 24.0 Å². The van der Waals surface area contributed by atoms with E-state index in [1.165, 1.54) is 0 Å². The Morgan fingerprint density at radius 2 is 2.00 bits per heavy atom. The summed E-state index contributed by atoms with van der Waals surface area (Å²) >= 11 is 0. The van der Waals surface area contributed by atoms with Crippen LogP contribution in [0.2, 0.25) is 0 Å². The number of rotatable bonds is 7. The van der Waals surface area contributed by atoms with E-state index < -0.39 is 0 Å². The van der Waals surface area contributed by atoms with Gasteiger partial charge in [-0.05, 0) is 19.9 Å². The lowest BCUT2D eigenvalue weighted by Gasteiger charge is -2.23. The molecule has 24 heavy (non-hydrogen) atoms. The Labute approximate surface area is 162 Å². The molecule has 0 saturated heterocycles. The highest BCUT2D eigenvalue weighted by Gasteiger charge is 2.10. The Balaban J connectivity index is 0.00000529. The molecule has 0 aromatic heterocycles. The van der Waals surface area contributed by atoms with Gasteiger partial charge in [0.15, 0.2) is 5.96 Å². The number of halogens is 1. The van der Waals surface area contributed by atoms with E-state index in [0.29, 0.717) is 19.5 Å². The van der Waals surface area contributed by atoms with Gasteiger partial charge in [0.2, 0.25) is 5.91 Å². The second-order valence-electron chi connectivity index (χ2n) is 5.61. The summed E-state index contributed by atoms with van der Waals surface area (Å²) < 4.78 is 5.37. The third kappa shape index (κ3) is 7.85. The second-order valence-corrected chi connectivity index (χ2v) is 5.61. The summed E-state index contributed by atoms with van der Waals surface area (Å²) in [4.78, 5) is 17.9. The minimum atomic E-state index is 0. The monoisotopic (exact) mass is 448 g/mol. The lowest BCUT2D eigenvalue weighted by atomic mass is 10.2. The van der Waals surface area contributed by atoms with Crippen LogP contribution in [0.5, 0.6) is 5.75 Å². The van der Waals surface area contributed by atoms with Gasteiger partial charge in [-0.2, -0.15) is 0 Å². The molecule has 0 aliphatic rings. The van der Waals surface area contributed by atoms with Crippen molar-refractivity contribution < 1.29 is 9.53 Å². The highest BCUT2D eigenvalue weighted by molar-refractivity contribution is 14.0. The first-order chi connectivity index (χ1) is 11.0. The Bertz CT molecular complexity index is 535. The summed E-state index contributed by atoms with van der Waals surface area (Å²) in [5.74, 6) is 1.63. The minimum absolute atomic E-state index is 0. The summed E-state index contributed by atoms with van der Waals surface area (Å²) in [7, 11) is 5.35. The van der Waals surface area contributed by atoms with Crippen molar-refractivity contribution in [2.24, 2.45) is 4.99 Å². The van der Waals surface area contributed by atoms with Crippen molar-refractivity contribution in [3.63, 3.8) is 0 Å². The zero-order valence-corrected chi connectivity index (χ0v) is 17.5. The minimum Gasteiger partial charge on any atom is -0.496 e. The van der Waals surface area contributed by atoms with Gasteiger partial charge in [-0.3, -0.25) is 9.79 Å². The van der Waals surface area contributed by atoms with Crippen LogP contribution in [-0.4, -0.2) is 50.6 Å². The van der Waals surface area contributed by atoms with Crippen LogP contribution in [0.15, 0.2) is 29.3 Å². The van der Waals surface area contributed by atoms with E-state index in [9.17, 15) is 4.79 Å². The van der Waals surface area contributed by atoms with Crippen LogP contribution in [0.25, 0.3) is 0 Å². The van der Waals surface area contributed by atoms with E-state index in [1.807, 2.05) is 50.1 Å². The van der Waals surface area contributed by atoms with Crippen LogP contribution < -0.4 is 15.4 Å². The molecule has 0 radical (unpaired) electrons. The average molecular weight is 448 g/mol. The molecule has 2 N–H and O–H groups in total. The fraction of sp³-hybridized carbons (Fsp3) is 0.529. The fourth-order valence-corrected chi connectivity index (χ4v) is 2.23. The molecule has 136 valence electrons. The molecule has 1 aromatic carbocycles. The average Bonchev–Trinajstić information content (AvgIpc) is 2.51. The number of amides is 1. The number of carbonyl (C=O) groups excluding carboxylic acids is 1. The van der Waals surface area contributed by atoms with E-state index >= 15 is 0 Å². The summed E-state index contributed by atoms with van der Waals surface area (Å²) in [6, 6.07) is 8.06. The topological polar surface area (TPSA) is 66.0 Å². The normalized spacial score (nSPS) is 10.8. The molecule has 0 saturated carbocycles. The Hall–Kier alpha value is -1.51. The van der Waals surface area contributed by atoms with Gasteiger partial charge < -0.3 is 20.3 Å². The second kappa shape index (κ2) is 11.9. The van der Waals surface area contributed by atoms with Crippen molar-refractivity contribution in [1.82, 2.24) is 15.5 Å². The molecule has 1 aromatic rings. The van der Waals surface area contributed by atoms with E-state index in [0.717, 1.165) is 17.3 Å². The van der Waals surface area contributed by atoms with Crippen LogP contribution >= 0.6 is 24.0 Å². The molecule has 0 aliphatic heterocycles. The van der Waals surface area contributed by atoms with Crippen molar-refractivity contribution in [1.29, 1.82) is 0 Å². The molecule has 1 rings (SSSR count). The first-order valence-corrected chi connectivity index (χ1v) is 7.81. The van der Waals surface area contributed by atoms with E-state index in [1.54, 1.807) is 14.2 Å². The first-order valence-electron chi connectivity index (χ1n) is 7.81. The molecule has 1 amide bonds. The predicted octanol–water partition coefficient (Wildman–Crippen LogP) is 2.24. The van der Waals surface area contributed by atoms with Crippen LogP contribution in [0.4, 0.5) is 0 Å². The molecule has 6 nitrogen and oxygen atoms in total. The Kier molecular flexibility index (Phi) is 11.2. The number of ether oxygens (including phenoxy) is 1. The third-order valence-corrected chi connectivity index (χ3v) is 3.26. The number of nitrogens with one attached hydrogen (secondary N) is 2. The summed E-state index contributed by atoms with van der Waals surface area (Å²) in [6.45, 7) is 5.11. The number of benzene rings is 1. The van der Waals surface area contributed by atoms with Crippen LogP contribution in [0.1, 0.15) is 25.8 Å². The maximum absolute atomic E-state index is 11.6. The molecule has 0 unspecified atom stereocenters. The molecule has 0 heterocycles. The Morgan fingerprint density at radius 1 is 1.33 bits per heavy atom. The summed E-state index contributed by atoms with van der Waals surface area (Å²) in [6.07, 6.45) is 0.416. The molecule has 0 atom stereocenters. The standard InChI is InChI=1S/C17H28N4O2.HI/c1-13(2)20-16(22)10-11-19-17(18-3)21(4)12-14-8-6-7-9-15(14)23-5;/h6-9,13H,10-12H2,1-5H3,(H,18,19)(H,20,22);1H. The number of hydrogen-bond acceptors (Lipinski definition) is 3. The number of guanidine groups is 1. The van der Waals surface area contributed by atoms with Crippen LogP contribution in [0, 0.1) is 0 Å². The molecule has 0 fully saturated rings. The molecule has 0 aliphatic carbocycles. The third-order valence-electron chi connectivity index (χ3n) is 3.26. The lowest BCUT2D eigenvalue weighted by Crippen LogP contribution is -2.40. The Morgan fingerprint density at radius 3 is 2.58 bits per heavy atom. The van der Waals surface area contributed by atoms with Crippen molar-refractivity contribution in [3.05, 3.63) is 29.8 Å². The van der Waals surface area contributed by atoms with Gasteiger partial charge in [0.05, 0.1) is 7.11 Å². The zero-order valence-electron chi connectivity index (χ0n) is 15.1. The maximum Gasteiger partial charge on any atom is 0.221 e. The number of hydrogen-bond donors (Lipinski definition) is 2. The van der Waals surface area contributed by atoms with Crippen molar-refractivity contribution in [2.45, 2.75) is 32.9 Å². The van der Waals surface area contributed by atoms with Crippen LogP contribution in [0.3, 0.4) is 0 Å². The lowest BCUT2D eigenvalue weighted by molar-refractivity contribution is -0.121. The number of carbonyl (C=O) groups is 1. The van der Waals surface area contributed by atoms with Crippen molar-refractivity contribution in [2.75, 3.05) is 27.7 Å². The highest BCUT2D eigenvalue weighted by atomic mass is 127. The predicted molar refractivity (Wildman–Crippen MR) is 109 cm³/mol. The van der Waals surface area contributed by atoms with Gasteiger partial charge in [0, 0.05) is 45.2 Å². The van der Waals surface area contributed by atoms with E-state index in [-0.39, 0.29) is 35.9 Å².